The summed E-state index contributed by atoms with van der Waals surface area (Å²) in [4.78, 5) is 2.98. The van der Waals surface area contributed by atoms with Gasteiger partial charge in [-0.15, -0.1) is 9.13 Å². The van der Waals surface area contributed by atoms with Crippen LogP contribution in [0.2, 0.25) is 0 Å². The monoisotopic (exact) mass is 594 g/mol. The first kappa shape index (κ1) is 27.2. The predicted octanol–water partition coefficient (Wildman–Crippen LogP) is 2.76. The van der Waals surface area contributed by atoms with Gasteiger partial charge in [-0.2, -0.15) is 0 Å². The minimum atomic E-state index is -0.850. The van der Waals surface area contributed by atoms with Crippen LogP contribution in [0.5, 0.6) is 0 Å². The van der Waals surface area contributed by atoms with Crippen LogP contribution in [-0.4, -0.2) is 15.1 Å². The molecule has 2 aliphatic heterocycles. The first-order chi connectivity index (χ1) is 22.1. The van der Waals surface area contributed by atoms with Crippen molar-refractivity contribution in [2.45, 2.75) is 58.4 Å². The molecule has 0 spiro atoms. The number of nitrogens with two attached hydrogens (primary N) is 2. The number of imidazole rings is 2. The standard InChI is InChI=1S/C37H37N8/c1-3-5-24-41-28-12-7-9-14-30(28)44-34(41)32-16-11-17-33-35-42(25-6-4-2)29-13-8-10-15-31(29)45(35)37(44,43(32)33)23-22-26-18-20-27(21-19-26)40-36(38)39/h7-21H,3-6,24-25H2,1-2H3,(H4,38,39,40)/q+3/p+1. The maximum Gasteiger partial charge on any atom is 0.528 e. The van der Waals surface area contributed by atoms with Gasteiger partial charge >= 0.3 is 34.8 Å². The number of guanidine groups is 1. The number of benzene rings is 3. The molecule has 8 heteroatoms. The zero-order chi connectivity index (χ0) is 30.7. The molecule has 3 aromatic carbocycles. The summed E-state index contributed by atoms with van der Waals surface area (Å²) in [5, 5.41) is 0. The molecule has 0 atom stereocenters. The maximum absolute atomic E-state index is 5.68. The number of para-hydroxylation sites is 4. The van der Waals surface area contributed by atoms with Crippen LogP contribution in [0, 0.1) is 11.8 Å². The number of unbranched alkanes of at least 4 members (excludes halogenated alkanes) is 2. The van der Waals surface area contributed by atoms with Crippen molar-refractivity contribution in [1.29, 1.82) is 0 Å². The van der Waals surface area contributed by atoms with Gasteiger partial charge in [0.05, 0.1) is 24.7 Å². The first-order valence-corrected chi connectivity index (χ1v) is 16.0. The van der Waals surface area contributed by atoms with Gasteiger partial charge in [-0.3, -0.25) is 11.5 Å². The Balaban J connectivity index is 1.50. The van der Waals surface area contributed by atoms with Crippen LogP contribution in [0.25, 0.3) is 45.1 Å². The van der Waals surface area contributed by atoms with Gasteiger partial charge in [-0.05, 0) is 67.4 Å². The lowest BCUT2D eigenvalue weighted by atomic mass is 10.2. The highest BCUT2D eigenvalue weighted by atomic mass is 15.5. The fourth-order valence-corrected chi connectivity index (χ4v) is 7.30. The molecular formula is C37H38N8+4. The van der Waals surface area contributed by atoms with Crippen molar-refractivity contribution in [3.63, 3.8) is 0 Å². The Labute approximate surface area is 262 Å². The molecule has 0 radical (unpaired) electrons. The zero-order valence-electron chi connectivity index (χ0n) is 25.8. The largest absolute Gasteiger partial charge is 0.528 e. The molecule has 45 heavy (non-hydrogen) atoms. The Kier molecular flexibility index (Phi) is 6.24. The van der Waals surface area contributed by atoms with E-state index in [1.807, 2.05) is 24.3 Å². The number of nitrogens with zero attached hydrogens (tertiary/aromatic N) is 5. The van der Waals surface area contributed by atoms with Crippen molar-refractivity contribution < 1.29 is 18.7 Å². The lowest BCUT2D eigenvalue weighted by Gasteiger charge is -2.10. The average Bonchev–Trinajstić information content (AvgIpc) is 3.74. The second-order valence-corrected chi connectivity index (χ2v) is 12.0. The van der Waals surface area contributed by atoms with E-state index in [1.165, 1.54) is 45.1 Å². The molecular weight excluding hydrogens is 556 g/mol. The van der Waals surface area contributed by atoms with E-state index in [2.05, 4.69) is 120 Å². The second-order valence-electron chi connectivity index (χ2n) is 12.0. The third-order valence-corrected chi connectivity index (χ3v) is 9.16. The van der Waals surface area contributed by atoms with Crippen molar-refractivity contribution in [3.8, 4) is 34.9 Å². The topological polar surface area (TPSA) is 87.5 Å². The fourth-order valence-electron chi connectivity index (χ4n) is 7.30. The maximum atomic E-state index is 5.68. The molecule has 0 saturated heterocycles. The molecule has 8 nitrogen and oxygen atoms in total. The van der Waals surface area contributed by atoms with Gasteiger partial charge in [0.2, 0.25) is 0 Å². The molecule has 0 saturated carbocycles. The average molecular weight is 595 g/mol. The van der Waals surface area contributed by atoms with E-state index in [9.17, 15) is 0 Å². The summed E-state index contributed by atoms with van der Waals surface area (Å²) >= 11 is 0. The molecule has 0 unspecified atom stereocenters. The molecule has 0 fully saturated rings. The highest BCUT2D eigenvalue weighted by molar-refractivity contribution is 5.81. The van der Waals surface area contributed by atoms with Crippen LogP contribution in [0.3, 0.4) is 0 Å². The third-order valence-electron chi connectivity index (χ3n) is 9.16. The second kappa shape index (κ2) is 10.3. The number of nitrogens with one attached hydrogen (secondary N) is 1. The van der Waals surface area contributed by atoms with Crippen LogP contribution in [-0.2, 0) is 18.9 Å². The van der Waals surface area contributed by atoms with Gasteiger partial charge < -0.3 is 0 Å². The van der Waals surface area contributed by atoms with Crippen LogP contribution < -0.4 is 30.2 Å². The quantitative estimate of drug-likeness (QED) is 0.115. The number of aryl methyl sites for hydroxylation is 2. The molecule has 0 bridgehead atoms. The van der Waals surface area contributed by atoms with Crippen LogP contribution in [0.4, 0.5) is 5.69 Å². The fraction of sp³-hybridized carbons (Fsp3) is 0.243. The van der Waals surface area contributed by atoms with Gasteiger partial charge in [0.15, 0.2) is 22.1 Å². The van der Waals surface area contributed by atoms with Crippen LogP contribution in [0.15, 0.2) is 91.0 Å². The summed E-state index contributed by atoms with van der Waals surface area (Å²) in [6.07, 6.45) is 4.45. The number of hydrogen-bond donors (Lipinski definition) is 3. The Morgan fingerprint density at radius 3 is 1.76 bits per heavy atom. The molecule has 8 rings (SSSR count). The van der Waals surface area contributed by atoms with Gasteiger partial charge in [-0.25, -0.2) is 14.1 Å². The Morgan fingerprint density at radius 2 is 1.24 bits per heavy atom. The molecule has 3 aromatic heterocycles. The Hall–Kier alpha value is -5.42. The molecule has 0 amide bonds. The van der Waals surface area contributed by atoms with E-state index in [1.54, 1.807) is 0 Å². The van der Waals surface area contributed by atoms with Crippen molar-refractivity contribution in [1.82, 2.24) is 9.13 Å². The first-order valence-electron chi connectivity index (χ1n) is 16.0. The summed E-state index contributed by atoms with van der Waals surface area (Å²) in [6, 6.07) is 32.3. The van der Waals surface area contributed by atoms with Crippen LogP contribution in [0.1, 0.15) is 45.1 Å². The van der Waals surface area contributed by atoms with Gasteiger partial charge in [0.25, 0.3) is 0 Å². The van der Waals surface area contributed by atoms with Crippen molar-refractivity contribution >= 4 is 33.7 Å². The highest BCUT2D eigenvalue weighted by Gasteiger charge is 2.73. The van der Waals surface area contributed by atoms with Gasteiger partial charge in [0.1, 0.15) is 0 Å². The minimum Gasteiger partial charge on any atom is -0.291 e. The predicted molar refractivity (Wildman–Crippen MR) is 175 cm³/mol. The minimum absolute atomic E-state index is 0.164. The number of aromatic nitrogens is 5. The third kappa shape index (κ3) is 3.80. The van der Waals surface area contributed by atoms with E-state index >= 15 is 0 Å². The number of fused-ring (bicyclic) bond motifs is 10. The lowest BCUT2D eigenvalue weighted by Crippen LogP contribution is -2.72. The van der Waals surface area contributed by atoms with E-state index in [4.69, 9.17) is 11.5 Å². The van der Waals surface area contributed by atoms with E-state index in [0.29, 0.717) is 0 Å². The van der Waals surface area contributed by atoms with Crippen LogP contribution >= 0.6 is 0 Å². The molecule has 2 aliphatic rings. The number of hydrogen-bond acceptors (Lipinski definition) is 0. The van der Waals surface area contributed by atoms with Gasteiger partial charge in [-0.1, -0.05) is 61.4 Å². The summed E-state index contributed by atoms with van der Waals surface area (Å²) in [7, 11) is 0. The summed E-state index contributed by atoms with van der Waals surface area (Å²) in [6.45, 7) is 6.40. The zero-order valence-corrected chi connectivity index (χ0v) is 25.8. The molecule has 5 heterocycles. The SMILES string of the molecule is CCCC[n+]1c2n(c3ccccc31)C1(C#Cc3ccc([NH+]=C(N)N)cc3)n3c([n+](CCCC)c4ccccc43)-c3cccc-2[n+]31. The highest BCUT2D eigenvalue weighted by Crippen LogP contribution is 2.44. The molecule has 5 N–H and O–H groups in total. The molecule has 6 aromatic rings. The van der Waals surface area contributed by atoms with Gasteiger partial charge in [0, 0.05) is 17.7 Å². The Bertz CT molecular complexity index is 2110. The number of pyridine rings is 1. The number of rotatable bonds is 7. The molecule has 0 aliphatic carbocycles. The summed E-state index contributed by atoms with van der Waals surface area (Å²) in [5.74, 6) is 9.22. The van der Waals surface area contributed by atoms with E-state index < -0.39 is 5.79 Å². The normalized spacial score (nSPS) is 13.4. The summed E-state index contributed by atoms with van der Waals surface area (Å²) in [5.41, 5.74) is 20.3. The van der Waals surface area contributed by atoms with Crippen molar-refractivity contribution in [2.75, 3.05) is 0 Å². The van der Waals surface area contributed by atoms with E-state index in [-0.39, 0.29) is 5.96 Å². The lowest BCUT2D eigenvalue weighted by molar-refractivity contribution is -0.728. The molecule has 222 valence electrons. The Morgan fingerprint density at radius 1 is 0.711 bits per heavy atom. The van der Waals surface area contributed by atoms with E-state index in [0.717, 1.165) is 50.0 Å². The van der Waals surface area contributed by atoms with Crippen molar-refractivity contribution in [3.05, 3.63) is 96.6 Å². The summed E-state index contributed by atoms with van der Waals surface area (Å²) < 4.78 is 12.5. The smallest absolute Gasteiger partial charge is 0.291 e. The van der Waals surface area contributed by atoms with Crippen molar-refractivity contribution in [2.24, 2.45) is 11.5 Å².